The molecule has 1 saturated heterocycles. The topological polar surface area (TPSA) is 64.6 Å². The average Bonchev–Trinajstić information content (AvgIpc) is 2.48. The second-order valence-corrected chi connectivity index (χ2v) is 4.59. The molecule has 0 aromatic carbocycles. The van der Waals surface area contributed by atoms with Gasteiger partial charge in [-0.05, 0) is 20.8 Å². The Morgan fingerprint density at radius 2 is 2.20 bits per heavy atom. The summed E-state index contributed by atoms with van der Waals surface area (Å²) < 4.78 is 10.2. The maximum atomic E-state index is 11.3. The second-order valence-electron chi connectivity index (χ2n) is 4.59. The van der Waals surface area contributed by atoms with Crippen molar-refractivity contribution in [2.75, 3.05) is 6.61 Å². The van der Waals surface area contributed by atoms with Crippen molar-refractivity contribution in [3.63, 3.8) is 0 Å². The number of rotatable bonds is 2. The summed E-state index contributed by atoms with van der Waals surface area (Å²) in [7, 11) is 0. The van der Waals surface area contributed by atoms with Crippen LogP contribution in [0.15, 0.2) is 0 Å². The standard InChI is InChI=1S/C10H17NO4/c1-10(2,3)15-9(13)11-7-4-8(5-12)14-6-7/h5,7-8H,4,6H2,1-3H3,(H,11,13). The van der Waals surface area contributed by atoms with Crippen LogP contribution in [-0.2, 0) is 14.3 Å². The first-order chi connectivity index (χ1) is 6.90. The van der Waals surface area contributed by atoms with E-state index in [9.17, 15) is 9.59 Å². The van der Waals surface area contributed by atoms with E-state index in [1.807, 2.05) is 0 Å². The molecule has 1 amide bonds. The van der Waals surface area contributed by atoms with E-state index >= 15 is 0 Å². The molecule has 0 bridgehead atoms. The maximum absolute atomic E-state index is 11.3. The van der Waals surface area contributed by atoms with Gasteiger partial charge in [0, 0.05) is 6.42 Å². The van der Waals surface area contributed by atoms with Crippen LogP contribution in [0.4, 0.5) is 4.79 Å². The molecule has 5 heteroatoms. The summed E-state index contributed by atoms with van der Waals surface area (Å²) in [5, 5.41) is 2.65. The van der Waals surface area contributed by atoms with Crippen LogP contribution in [-0.4, -0.2) is 36.7 Å². The van der Waals surface area contributed by atoms with E-state index in [-0.39, 0.29) is 6.04 Å². The summed E-state index contributed by atoms with van der Waals surface area (Å²) in [5.74, 6) is 0. The van der Waals surface area contributed by atoms with Crippen molar-refractivity contribution in [3.05, 3.63) is 0 Å². The minimum Gasteiger partial charge on any atom is -0.444 e. The first kappa shape index (κ1) is 12.0. The van der Waals surface area contributed by atoms with E-state index in [0.717, 1.165) is 6.29 Å². The fourth-order valence-corrected chi connectivity index (χ4v) is 1.33. The molecule has 2 atom stereocenters. The summed E-state index contributed by atoms with van der Waals surface area (Å²) in [5.41, 5.74) is -0.506. The van der Waals surface area contributed by atoms with E-state index in [4.69, 9.17) is 9.47 Å². The zero-order chi connectivity index (χ0) is 11.5. The predicted molar refractivity (Wildman–Crippen MR) is 53.6 cm³/mol. The molecule has 1 rings (SSSR count). The zero-order valence-electron chi connectivity index (χ0n) is 9.28. The molecule has 0 aromatic heterocycles. The summed E-state index contributed by atoms with van der Waals surface area (Å²) in [6.45, 7) is 5.76. The molecule has 1 aliphatic rings. The molecule has 0 saturated carbocycles. The van der Waals surface area contributed by atoms with Gasteiger partial charge >= 0.3 is 6.09 Å². The minimum atomic E-state index is -0.506. The third-order valence-corrected chi connectivity index (χ3v) is 1.90. The lowest BCUT2D eigenvalue weighted by Crippen LogP contribution is -2.39. The first-order valence-electron chi connectivity index (χ1n) is 4.97. The highest BCUT2D eigenvalue weighted by molar-refractivity contribution is 5.68. The van der Waals surface area contributed by atoms with Gasteiger partial charge in [0.25, 0.3) is 0 Å². The Bertz CT molecular complexity index is 246. The van der Waals surface area contributed by atoms with E-state index < -0.39 is 17.8 Å². The van der Waals surface area contributed by atoms with Gasteiger partial charge < -0.3 is 19.6 Å². The van der Waals surface area contributed by atoms with Gasteiger partial charge in [0.2, 0.25) is 0 Å². The number of hydrogen-bond donors (Lipinski definition) is 1. The van der Waals surface area contributed by atoms with E-state index in [2.05, 4.69) is 5.32 Å². The SMILES string of the molecule is CC(C)(C)OC(=O)NC1COC(C=O)C1. The molecule has 1 aliphatic heterocycles. The minimum absolute atomic E-state index is 0.130. The van der Waals surface area contributed by atoms with Gasteiger partial charge in [-0.25, -0.2) is 4.79 Å². The molecular weight excluding hydrogens is 198 g/mol. The third kappa shape index (κ3) is 4.29. The number of alkyl carbamates (subject to hydrolysis) is 1. The van der Waals surface area contributed by atoms with Gasteiger partial charge in [-0.2, -0.15) is 0 Å². The maximum Gasteiger partial charge on any atom is 0.407 e. The number of aldehydes is 1. The third-order valence-electron chi connectivity index (χ3n) is 1.90. The van der Waals surface area contributed by atoms with Crippen LogP contribution in [0.2, 0.25) is 0 Å². The lowest BCUT2D eigenvalue weighted by Gasteiger charge is -2.21. The molecule has 5 nitrogen and oxygen atoms in total. The fourth-order valence-electron chi connectivity index (χ4n) is 1.33. The Labute approximate surface area is 89.1 Å². The monoisotopic (exact) mass is 215 g/mol. The number of hydrogen-bond acceptors (Lipinski definition) is 4. The van der Waals surface area contributed by atoms with E-state index in [1.54, 1.807) is 20.8 Å². The van der Waals surface area contributed by atoms with Crippen LogP contribution in [0.3, 0.4) is 0 Å². The highest BCUT2D eigenvalue weighted by atomic mass is 16.6. The molecule has 1 fully saturated rings. The van der Waals surface area contributed by atoms with Crippen molar-refractivity contribution in [1.82, 2.24) is 5.32 Å². The zero-order valence-corrected chi connectivity index (χ0v) is 9.28. The van der Waals surface area contributed by atoms with E-state index in [1.165, 1.54) is 0 Å². The lowest BCUT2D eigenvalue weighted by molar-refractivity contribution is -0.115. The quantitative estimate of drug-likeness (QED) is 0.694. The van der Waals surface area contributed by atoms with Gasteiger partial charge in [-0.1, -0.05) is 0 Å². The largest absolute Gasteiger partial charge is 0.444 e. The molecule has 0 spiro atoms. The number of carbonyl (C=O) groups excluding carboxylic acids is 2. The molecular formula is C10H17NO4. The Hall–Kier alpha value is -1.10. The number of nitrogens with one attached hydrogen (secondary N) is 1. The Morgan fingerprint density at radius 1 is 1.53 bits per heavy atom. The summed E-state index contributed by atoms with van der Waals surface area (Å²) >= 11 is 0. The Morgan fingerprint density at radius 3 is 2.67 bits per heavy atom. The number of ether oxygens (including phenoxy) is 2. The fraction of sp³-hybridized carbons (Fsp3) is 0.800. The Kier molecular flexibility index (Phi) is 3.68. The number of amides is 1. The van der Waals surface area contributed by atoms with Gasteiger partial charge in [0.15, 0.2) is 0 Å². The lowest BCUT2D eigenvalue weighted by atomic mass is 10.2. The molecule has 86 valence electrons. The van der Waals surface area contributed by atoms with Crippen LogP contribution >= 0.6 is 0 Å². The van der Waals surface area contributed by atoms with Crippen LogP contribution < -0.4 is 5.32 Å². The van der Waals surface area contributed by atoms with Crippen molar-refractivity contribution in [3.8, 4) is 0 Å². The van der Waals surface area contributed by atoms with Crippen LogP contribution in [0.5, 0.6) is 0 Å². The molecule has 0 radical (unpaired) electrons. The molecule has 0 aliphatic carbocycles. The number of carbonyl (C=O) groups is 2. The molecule has 1 heterocycles. The van der Waals surface area contributed by atoms with Gasteiger partial charge in [-0.15, -0.1) is 0 Å². The van der Waals surface area contributed by atoms with Crippen LogP contribution in [0, 0.1) is 0 Å². The normalized spacial score (nSPS) is 26.1. The smallest absolute Gasteiger partial charge is 0.407 e. The first-order valence-corrected chi connectivity index (χ1v) is 4.97. The summed E-state index contributed by atoms with van der Waals surface area (Å²) in [4.78, 5) is 21.7. The van der Waals surface area contributed by atoms with E-state index in [0.29, 0.717) is 13.0 Å². The molecule has 1 N–H and O–H groups in total. The predicted octanol–water partition coefficient (Wildman–Crippen LogP) is 0.867. The van der Waals surface area contributed by atoms with Crippen molar-refractivity contribution >= 4 is 12.4 Å². The summed E-state index contributed by atoms with van der Waals surface area (Å²) in [6.07, 6.45) is 0.395. The highest BCUT2D eigenvalue weighted by Crippen LogP contribution is 2.12. The molecule has 2 unspecified atom stereocenters. The van der Waals surface area contributed by atoms with Crippen molar-refractivity contribution in [2.45, 2.75) is 44.9 Å². The average molecular weight is 215 g/mol. The van der Waals surface area contributed by atoms with Crippen molar-refractivity contribution in [2.24, 2.45) is 0 Å². The Balaban J connectivity index is 2.31. The van der Waals surface area contributed by atoms with Gasteiger partial charge in [0.1, 0.15) is 18.0 Å². The molecule has 15 heavy (non-hydrogen) atoms. The van der Waals surface area contributed by atoms with Crippen molar-refractivity contribution in [1.29, 1.82) is 0 Å². The van der Waals surface area contributed by atoms with Crippen LogP contribution in [0.1, 0.15) is 27.2 Å². The van der Waals surface area contributed by atoms with Gasteiger partial charge in [-0.3, -0.25) is 0 Å². The van der Waals surface area contributed by atoms with Gasteiger partial charge in [0.05, 0.1) is 12.6 Å². The molecule has 0 aromatic rings. The van der Waals surface area contributed by atoms with Crippen molar-refractivity contribution < 1.29 is 19.1 Å². The van der Waals surface area contributed by atoms with Crippen LogP contribution in [0.25, 0.3) is 0 Å². The highest BCUT2D eigenvalue weighted by Gasteiger charge is 2.27. The summed E-state index contributed by atoms with van der Waals surface area (Å²) in [6, 6.07) is -0.130. The second kappa shape index (κ2) is 4.61.